The van der Waals surface area contributed by atoms with E-state index >= 15 is 0 Å². The molecule has 0 unspecified atom stereocenters. The molecule has 128 valence electrons. The van der Waals surface area contributed by atoms with E-state index in [2.05, 4.69) is 4.98 Å². The van der Waals surface area contributed by atoms with E-state index < -0.39 is 0 Å². The molecule has 0 atom stereocenters. The summed E-state index contributed by atoms with van der Waals surface area (Å²) < 4.78 is 18.7. The molecule has 3 heterocycles. The van der Waals surface area contributed by atoms with Gasteiger partial charge in [-0.2, -0.15) is 0 Å². The predicted octanol–water partition coefficient (Wildman–Crippen LogP) is 3.44. The van der Waals surface area contributed by atoms with Gasteiger partial charge >= 0.3 is 0 Å². The fraction of sp³-hybridized carbons (Fsp3) is 0.526. The highest BCUT2D eigenvalue weighted by Gasteiger charge is 2.30. The van der Waals surface area contributed by atoms with Crippen LogP contribution in [0.5, 0.6) is 0 Å². The predicted molar refractivity (Wildman–Crippen MR) is 90.4 cm³/mol. The Morgan fingerprint density at radius 3 is 2.67 bits per heavy atom. The van der Waals surface area contributed by atoms with E-state index in [0.29, 0.717) is 25.0 Å². The van der Waals surface area contributed by atoms with Crippen molar-refractivity contribution in [2.24, 2.45) is 5.92 Å². The average Bonchev–Trinajstić information content (AvgIpc) is 3.05. The smallest absolute Gasteiger partial charge is 0.225 e. The molecule has 2 saturated heterocycles. The first-order valence-electron chi connectivity index (χ1n) is 8.85. The SMILES string of the molecule is O=C(C1CCOCC1)N1CCC(c2c[nH]c3cc(F)ccc23)CC1. The number of benzene rings is 1. The van der Waals surface area contributed by atoms with Crippen LogP contribution in [0.25, 0.3) is 10.9 Å². The lowest BCUT2D eigenvalue weighted by Crippen LogP contribution is -2.42. The van der Waals surface area contributed by atoms with E-state index in [-0.39, 0.29) is 11.7 Å². The Balaban J connectivity index is 1.42. The number of aromatic nitrogens is 1. The zero-order valence-electron chi connectivity index (χ0n) is 13.8. The van der Waals surface area contributed by atoms with Crippen LogP contribution in [-0.4, -0.2) is 42.1 Å². The number of carbonyl (C=O) groups excluding carboxylic acids is 1. The lowest BCUT2D eigenvalue weighted by atomic mass is 9.88. The Kier molecular flexibility index (Phi) is 4.27. The largest absolute Gasteiger partial charge is 0.381 e. The van der Waals surface area contributed by atoms with Crippen LogP contribution in [0.3, 0.4) is 0 Å². The number of hydrogen-bond donors (Lipinski definition) is 1. The van der Waals surface area contributed by atoms with E-state index in [1.54, 1.807) is 6.07 Å². The van der Waals surface area contributed by atoms with E-state index in [4.69, 9.17) is 4.74 Å². The first kappa shape index (κ1) is 15.6. The van der Waals surface area contributed by atoms with Crippen molar-refractivity contribution in [3.8, 4) is 0 Å². The Hall–Kier alpha value is -1.88. The van der Waals surface area contributed by atoms with Gasteiger partial charge in [0.1, 0.15) is 5.82 Å². The van der Waals surface area contributed by atoms with Crippen LogP contribution in [0.2, 0.25) is 0 Å². The third kappa shape index (κ3) is 2.93. The lowest BCUT2D eigenvalue weighted by molar-refractivity contribution is -0.139. The number of carbonyl (C=O) groups is 1. The number of halogens is 1. The number of amides is 1. The standard InChI is InChI=1S/C19H23FN2O2/c20-15-1-2-16-17(12-21-18(16)11-15)13-3-7-22(8-4-13)19(23)14-5-9-24-10-6-14/h1-2,11-14,21H,3-10H2. The number of nitrogens with one attached hydrogen (secondary N) is 1. The molecule has 0 bridgehead atoms. The summed E-state index contributed by atoms with van der Waals surface area (Å²) in [6.07, 6.45) is 5.66. The van der Waals surface area contributed by atoms with Gasteiger partial charge in [0.05, 0.1) is 0 Å². The summed E-state index contributed by atoms with van der Waals surface area (Å²) in [6.45, 7) is 3.04. The number of aromatic amines is 1. The van der Waals surface area contributed by atoms with Crippen molar-refractivity contribution in [1.29, 1.82) is 0 Å². The summed E-state index contributed by atoms with van der Waals surface area (Å²) in [6, 6.07) is 4.92. The second kappa shape index (κ2) is 6.55. The summed E-state index contributed by atoms with van der Waals surface area (Å²) in [4.78, 5) is 17.8. The van der Waals surface area contributed by atoms with Crippen molar-refractivity contribution < 1.29 is 13.9 Å². The number of likely N-dealkylation sites (tertiary alicyclic amines) is 1. The molecule has 24 heavy (non-hydrogen) atoms. The van der Waals surface area contributed by atoms with Crippen molar-refractivity contribution in [3.63, 3.8) is 0 Å². The van der Waals surface area contributed by atoms with Gasteiger partial charge in [-0.15, -0.1) is 0 Å². The number of nitrogens with zero attached hydrogens (tertiary/aromatic N) is 1. The minimum Gasteiger partial charge on any atom is -0.381 e. The lowest BCUT2D eigenvalue weighted by Gasteiger charge is -2.35. The molecular formula is C19H23FN2O2. The van der Waals surface area contributed by atoms with Crippen LogP contribution < -0.4 is 0 Å². The van der Waals surface area contributed by atoms with Crippen molar-refractivity contribution in [2.75, 3.05) is 26.3 Å². The maximum atomic E-state index is 13.3. The van der Waals surface area contributed by atoms with Gasteiger partial charge in [-0.25, -0.2) is 4.39 Å². The summed E-state index contributed by atoms with van der Waals surface area (Å²) in [5, 5.41) is 1.10. The van der Waals surface area contributed by atoms with Crippen LogP contribution in [0, 0.1) is 11.7 Å². The Bertz CT molecular complexity index is 728. The van der Waals surface area contributed by atoms with Crippen molar-refractivity contribution in [3.05, 3.63) is 35.8 Å². The zero-order chi connectivity index (χ0) is 16.5. The van der Waals surface area contributed by atoms with Gasteiger partial charge in [0.2, 0.25) is 5.91 Å². The summed E-state index contributed by atoms with van der Waals surface area (Å²) >= 11 is 0. The molecular weight excluding hydrogens is 307 g/mol. The van der Waals surface area contributed by atoms with Crippen LogP contribution in [0.4, 0.5) is 4.39 Å². The Labute approximate surface area is 141 Å². The normalized spacial score (nSPS) is 20.6. The molecule has 0 aliphatic carbocycles. The molecule has 0 spiro atoms. The maximum absolute atomic E-state index is 13.3. The molecule has 1 aromatic heterocycles. The minimum absolute atomic E-state index is 0.145. The van der Waals surface area contributed by atoms with Crippen LogP contribution in [-0.2, 0) is 9.53 Å². The maximum Gasteiger partial charge on any atom is 0.225 e. The quantitative estimate of drug-likeness (QED) is 0.917. The van der Waals surface area contributed by atoms with Gasteiger partial charge in [0, 0.05) is 49.3 Å². The summed E-state index contributed by atoms with van der Waals surface area (Å²) in [5.74, 6) is 0.667. The third-order valence-electron chi connectivity index (χ3n) is 5.49. The molecule has 0 radical (unpaired) electrons. The molecule has 2 aromatic rings. The van der Waals surface area contributed by atoms with Crippen LogP contribution in [0.15, 0.2) is 24.4 Å². The molecule has 1 amide bonds. The zero-order valence-corrected chi connectivity index (χ0v) is 13.8. The summed E-state index contributed by atoms with van der Waals surface area (Å²) in [5.41, 5.74) is 2.11. The van der Waals surface area contributed by atoms with Crippen LogP contribution >= 0.6 is 0 Å². The monoisotopic (exact) mass is 330 g/mol. The van der Waals surface area contributed by atoms with E-state index in [9.17, 15) is 9.18 Å². The number of fused-ring (bicyclic) bond motifs is 1. The average molecular weight is 330 g/mol. The highest BCUT2D eigenvalue weighted by molar-refractivity contribution is 5.84. The number of H-pyrrole nitrogens is 1. The molecule has 4 rings (SSSR count). The van der Waals surface area contributed by atoms with Crippen molar-refractivity contribution in [2.45, 2.75) is 31.6 Å². The molecule has 1 aromatic carbocycles. The number of rotatable bonds is 2. The third-order valence-corrected chi connectivity index (χ3v) is 5.49. The molecule has 5 heteroatoms. The van der Waals surface area contributed by atoms with Gasteiger partial charge in [0.15, 0.2) is 0 Å². The molecule has 0 saturated carbocycles. The Morgan fingerprint density at radius 2 is 1.92 bits per heavy atom. The number of ether oxygens (including phenoxy) is 1. The van der Waals surface area contributed by atoms with Gasteiger partial charge < -0.3 is 14.6 Å². The van der Waals surface area contributed by atoms with Gasteiger partial charge in [0.25, 0.3) is 0 Å². The number of piperidine rings is 1. The van der Waals surface area contributed by atoms with E-state index in [1.165, 1.54) is 11.6 Å². The molecule has 2 aliphatic heterocycles. The first-order chi connectivity index (χ1) is 11.7. The van der Waals surface area contributed by atoms with Gasteiger partial charge in [-0.3, -0.25) is 4.79 Å². The Morgan fingerprint density at radius 1 is 1.17 bits per heavy atom. The molecule has 2 aliphatic rings. The van der Waals surface area contributed by atoms with E-state index in [1.807, 2.05) is 17.2 Å². The molecule has 4 nitrogen and oxygen atoms in total. The summed E-state index contributed by atoms with van der Waals surface area (Å²) in [7, 11) is 0. The second-order valence-corrected chi connectivity index (χ2v) is 6.92. The van der Waals surface area contributed by atoms with Crippen molar-refractivity contribution >= 4 is 16.8 Å². The van der Waals surface area contributed by atoms with Gasteiger partial charge in [-0.1, -0.05) is 0 Å². The highest BCUT2D eigenvalue weighted by atomic mass is 19.1. The fourth-order valence-corrected chi connectivity index (χ4v) is 4.07. The highest BCUT2D eigenvalue weighted by Crippen LogP contribution is 2.34. The molecule has 2 fully saturated rings. The van der Waals surface area contributed by atoms with E-state index in [0.717, 1.165) is 49.7 Å². The minimum atomic E-state index is -0.215. The first-order valence-corrected chi connectivity index (χ1v) is 8.85. The fourth-order valence-electron chi connectivity index (χ4n) is 4.07. The second-order valence-electron chi connectivity index (χ2n) is 6.92. The molecule has 1 N–H and O–H groups in total. The van der Waals surface area contributed by atoms with Crippen molar-refractivity contribution in [1.82, 2.24) is 9.88 Å². The van der Waals surface area contributed by atoms with Crippen LogP contribution in [0.1, 0.15) is 37.2 Å². The topological polar surface area (TPSA) is 45.3 Å². The number of hydrogen-bond acceptors (Lipinski definition) is 2. The van der Waals surface area contributed by atoms with Gasteiger partial charge in [-0.05, 0) is 55.4 Å².